The van der Waals surface area contributed by atoms with Crippen LogP contribution in [-0.4, -0.2) is 31.5 Å². The van der Waals surface area contributed by atoms with Crippen molar-refractivity contribution in [3.05, 3.63) is 0 Å². The van der Waals surface area contributed by atoms with Gasteiger partial charge in [-0.15, -0.1) is 0 Å². The zero-order valence-corrected chi connectivity index (χ0v) is 8.81. The van der Waals surface area contributed by atoms with E-state index in [2.05, 4.69) is 10.6 Å². The Morgan fingerprint density at radius 1 is 1.38 bits per heavy atom. The molecule has 1 aliphatic rings. The van der Waals surface area contributed by atoms with Crippen LogP contribution < -0.4 is 10.6 Å². The Labute approximate surface area is 80.3 Å². The zero-order chi connectivity index (χ0) is 9.90. The van der Waals surface area contributed by atoms with Crippen molar-refractivity contribution >= 4 is 5.78 Å². The summed E-state index contributed by atoms with van der Waals surface area (Å²) in [6.45, 7) is 5.84. The maximum Gasteiger partial charge on any atom is 0.155 e. The average molecular weight is 184 g/mol. The van der Waals surface area contributed by atoms with E-state index in [1.54, 1.807) is 0 Å². The summed E-state index contributed by atoms with van der Waals surface area (Å²) in [6.07, 6.45) is 1.83. The molecular formula is C10H20N2O. The van der Waals surface area contributed by atoms with Crippen LogP contribution in [0.1, 0.15) is 26.7 Å². The van der Waals surface area contributed by atoms with Crippen molar-refractivity contribution in [2.75, 3.05) is 20.1 Å². The molecule has 0 amide bonds. The number of Topliss-reactive ketones (excluding diaryl/α,β-unsaturated/α-hetero) is 1. The number of piperidine rings is 1. The minimum Gasteiger partial charge on any atom is -0.317 e. The maximum absolute atomic E-state index is 12.0. The molecule has 0 radical (unpaired) electrons. The monoisotopic (exact) mass is 184 g/mol. The Kier molecular flexibility index (Phi) is 3.45. The second kappa shape index (κ2) is 4.20. The summed E-state index contributed by atoms with van der Waals surface area (Å²) in [5.74, 6) is 0.488. The Balaban J connectivity index is 2.72. The van der Waals surface area contributed by atoms with Gasteiger partial charge in [0, 0.05) is 5.92 Å². The predicted molar refractivity (Wildman–Crippen MR) is 53.7 cm³/mol. The second-order valence-electron chi connectivity index (χ2n) is 4.10. The Bertz CT molecular complexity index is 183. The predicted octanol–water partition coefficient (Wildman–Crippen LogP) is 0.553. The fourth-order valence-corrected chi connectivity index (χ4v) is 2.03. The summed E-state index contributed by atoms with van der Waals surface area (Å²) in [6, 6.07) is 0. The molecule has 13 heavy (non-hydrogen) atoms. The fraction of sp³-hybridized carbons (Fsp3) is 0.900. The normalized spacial score (nSPS) is 21.8. The highest BCUT2D eigenvalue weighted by atomic mass is 16.1. The van der Waals surface area contributed by atoms with Gasteiger partial charge in [0.1, 0.15) is 0 Å². The Morgan fingerprint density at radius 3 is 2.31 bits per heavy atom. The van der Waals surface area contributed by atoms with E-state index in [1.807, 2.05) is 20.9 Å². The molecule has 3 nitrogen and oxygen atoms in total. The summed E-state index contributed by atoms with van der Waals surface area (Å²) in [4.78, 5) is 12.0. The minimum atomic E-state index is -0.251. The number of likely N-dealkylation sites (N-methyl/N-ethyl adjacent to an activating group) is 1. The lowest BCUT2D eigenvalue weighted by molar-refractivity contribution is -0.129. The first-order chi connectivity index (χ1) is 6.12. The lowest BCUT2D eigenvalue weighted by Crippen LogP contribution is -2.57. The lowest BCUT2D eigenvalue weighted by atomic mass is 9.80. The van der Waals surface area contributed by atoms with Crippen molar-refractivity contribution < 1.29 is 4.79 Å². The van der Waals surface area contributed by atoms with Crippen LogP contribution in [0.15, 0.2) is 0 Å². The number of rotatable bonds is 3. The Hall–Kier alpha value is -0.410. The topological polar surface area (TPSA) is 41.1 Å². The highest BCUT2D eigenvalue weighted by Gasteiger charge is 2.38. The van der Waals surface area contributed by atoms with Gasteiger partial charge in [-0.2, -0.15) is 0 Å². The molecule has 0 bridgehead atoms. The van der Waals surface area contributed by atoms with E-state index in [1.165, 1.54) is 0 Å². The van der Waals surface area contributed by atoms with Gasteiger partial charge in [-0.3, -0.25) is 4.79 Å². The zero-order valence-electron chi connectivity index (χ0n) is 8.81. The maximum atomic E-state index is 12.0. The number of hydrogen-bond donors (Lipinski definition) is 2. The van der Waals surface area contributed by atoms with Gasteiger partial charge in [-0.1, -0.05) is 13.8 Å². The first-order valence-electron chi connectivity index (χ1n) is 5.06. The number of nitrogens with one attached hydrogen (secondary N) is 2. The van der Waals surface area contributed by atoms with Crippen molar-refractivity contribution in [1.82, 2.24) is 10.6 Å². The van der Waals surface area contributed by atoms with Gasteiger partial charge in [0.2, 0.25) is 0 Å². The van der Waals surface area contributed by atoms with Gasteiger partial charge < -0.3 is 10.6 Å². The van der Waals surface area contributed by atoms with E-state index >= 15 is 0 Å². The first kappa shape index (κ1) is 10.7. The fourth-order valence-electron chi connectivity index (χ4n) is 2.03. The molecule has 1 rings (SSSR count). The molecule has 1 saturated heterocycles. The summed E-state index contributed by atoms with van der Waals surface area (Å²) in [5, 5.41) is 6.48. The third-order valence-electron chi connectivity index (χ3n) is 2.93. The Morgan fingerprint density at radius 2 is 1.92 bits per heavy atom. The number of carbonyl (C=O) groups excluding carboxylic acids is 1. The molecule has 0 aliphatic carbocycles. The van der Waals surface area contributed by atoms with Gasteiger partial charge in [-0.05, 0) is 33.0 Å². The van der Waals surface area contributed by atoms with Crippen LogP contribution in [0.4, 0.5) is 0 Å². The van der Waals surface area contributed by atoms with E-state index in [-0.39, 0.29) is 11.5 Å². The summed E-state index contributed by atoms with van der Waals surface area (Å²) in [7, 11) is 1.89. The molecule has 0 aromatic carbocycles. The van der Waals surface area contributed by atoms with Crippen LogP contribution in [0.5, 0.6) is 0 Å². The molecule has 1 aliphatic heterocycles. The summed E-state index contributed by atoms with van der Waals surface area (Å²) < 4.78 is 0. The number of ketones is 1. The number of carbonyl (C=O) groups is 1. The van der Waals surface area contributed by atoms with E-state index in [0.717, 1.165) is 25.9 Å². The largest absolute Gasteiger partial charge is 0.317 e. The molecule has 0 saturated carbocycles. The molecule has 0 aromatic rings. The van der Waals surface area contributed by atoms with E-state index < -0.39 is 0 Å². The highest BCUT2D eigenvalue weighted by Crippen LogP contribution is 2.22. The molecule has 0 aromatic heterocycles. The van der Waals surface area contributed by atoms with Gasteiger partial charge in [-0.25, -0.2) is 0 Å². The molecule has 2 N–H and O–H groups in total. The van der Waals surface area contributed by atoms with Crippen molar-refractivity contribution in [1.29, 1.82) is 0 Å². The second-order valence-corrected chi connectivity index (χ2v) is 4.10. The van der Waals surface area contributed by atoms with Crippen molar-refractivity contribution in [2.24, 2.45) is 5.92 Å². The lowest BCUT2D eigenvalue weighted by Gasteiger charge is -2.37. The molecule has 0 spiro atoms. The summed E-state index contributed by atoms with van der Waals surface area (Å²) >= 11 is 0. The van der Waals surface area contributed by atoms with Gasteiger partial charge in [0.05, 0.1) is 5.54 Å². The quantitative estimate of drug-likeness (QED) is 0.673. The summed E-state index contributed by atoms with van der Waals surface area (Å²) in [5.41, 5.74) is -0.251. The molecule has 0 atom stereocenters. The average Bonchev–Trinajstić information content (AvgIpc) is 2.17. The van der Waals surface area contributed by atoms with Crippen molar-refractivity contribution in [3.8, 4) is 0 Å². The van der Waals surface area contributed by atoms with Crippen LogP contribution in [0.2, 0.25) is 0 Å². The molecule has 3 heteroatoms. The van der Waals surface area contributed by atoms with Crippen molar-refractivity contribution in [2.45, 2.75) is 32.2 Å². The minimum absolute atomic E-state index is 0.130. The highest BCUT2D eigenvalue weighted by molar-refractivity contribution is 5.90. The molecule has 1 heterocycles. The van der Waals surface area contributed by atoms with Crippen LogP contribution in [0.3, 0.4) is 0 Å². The third kappa shape index (κ3) is 2.09. The molecule has 76 valence electrons. The smallest absolute Gasteiger partial charge is 0.155 e. The van der Waals surface area contributed by atoms with Crippen molar-refractivity contribution in [3.63, 3.8) is 0 Å². The first-order valence-corrected chi connectivity index (χ1v) is 5.06. The SMILES string of the molecule is CNC1(C(=O)C(C)C)CCNCC1. The number of hydrogen-bond acceptors (Lipinski definition) is 3. The molecule has 0 unspecified atom stereocenters. The van der Waals surface area contributed by atoms with E-state index in [9.17, 15) is 4.79 Å². The van der Waals surface area contributed by atoms with Gasteiger partial charge in [0.15, 0.2) is 5.78 Å². The standard InChI is InChI=1S/C10H20N2O/c1-8(2)9(13)10(11-3)4-6-12-7-5-10/h8,11-12H,4-7H2,1-3H3. The van der Waals surface area contributed by atoms with Gasteiger partial charge >= 0.3 is 0 Å². The van der Waals surface area contributed by atoms with Crippen LogP contribution in [-0.2, 0) is 4.79 Å². The van der Waals surface area contributed by atoms with Crippen LogP contribution in [0, 0.1) is 5.92 Å². The van der Waals surface area contributed by atoms with Gasteiger partial charge in [0.25, 0.3) is 0 Å². The molecule has 1 fully saturated rings. The van der Waals surface area contributed by atoms with Crippen LogP contribution in [0.25, 0.3) is 0 Å². The molecular weight excluding hydrogens is 164 g/mol. The van der Waals surface area contributed by atoms with E-state index in [4.69, 9.17) is 0 Å². The van der Waals surface area contributed by atoms with Crippen LogP contribution >= 0.6 is 0 Å². The third-order valence-corrected chi connectivity index (χ3v) is 2.93. The van der Waals surface area contributed by atoms with E-state index in [0.29, 0.717) is 5.78 Å².